The molecular formula is C3H10N2O3. The average Bonchev–Trinajstić information content (AvgIpc) is 1.83. The predicted octanol–water partition coefficient (Wildman–Crippen LogP) is -2.36. The lowest BCUT2D eigenvalue weighted by molar-refractivity contribution is -0.0302. The summed E-state index contributed by atoms with van der Waals surface area (Å²) in [6, 6.07) is 0. The van der Waals surface area contributed by atoms with E-state index in [-0.39, 0.29) is 20.2 Å². The Morgan fingerprint density at radius 2 is 1.62 bits per heavy atom. The number of nitrogens with zero attached hydrogens (tertiary/aromatic N) is 1. The fourth-order valence-corrected chi connectivity index (χ4v) is 0.245. The van der Waals surface area contributed by atoms with E-state index >= 15 is 0 Å². The summed E-state index contributed by atoms with van der Waals surface area (Å²) in [6.07, 6.45) is 0. The minimum atomic E-state index is -0.322. The minimum absolute atomic E-state index is 0.291. The van der Waals surface area contributed by atoms with Gasteiger partial charge in [-0.3, -0.25) is 0 Å². The van der Waals surface area contributed by atoms with Gasteiger partial charge in [-0.25, -0.2) is 5.43 Å². The van der Waals surface area contributed by atoms with E-state index < -0.39 is 0 Å². The Hall–Kier alpha value is -0.200. The van der Waals surface area contributed by atoms with E-state index in [4.69, 9.17) is 15.3 Å². The molecule has 8 heavy (non-hydrogen) atoms. The maximum atomic E-state index is 8.25. The highest BCUT2D eigenvalue weighted by Crippen LogP contribution is 1.70. The van der Waals surface area contributed by atoms with E-state index in [0.29, 0.717) is 0 Å². The summed E-state index contributed by atoms with van der Waals surface area (Å²) in [7, 11) is 0. The Morgan fingerprint density at radius 3 is 1.75 bits per heavy atom. The van der Waals surface area contributed by atoms with Crippen LogP contribution in [0.25, 0.3) is 0 Å². The molecule has 5 nitrogen and oxygen atoms in total. The molecule has 0 bridgehead atoms. The van der Waals surface area contributed by atoms with Crippen LogP contribution in [0.2, 0.25) is 0 Å². The average molecular weight is 122 g/mol. The summed E-state index contributed by atoms with van der Waals surface area (Å²) in [5.74, 6) is 0. The van der Waals surface area contributed by atoms with Crippen LogP contribution in [0.1, 0.15) is 0 Å². The number of rotatable bonds is 4. The van der Waals surface area contributed by atoms with E-state index in [1.807, 2.05) is 0 Å². The summed E-state index contributed by atoms with van der Waals surface area (Å²) in [6.45, 7) is -0.935. The van der Waals surface area contributed by atoms with Crippen LogP contribution in [0.3, 0.4) is 0 Å². The first-order chi connectivity index (χ1) is 3.85. The first-order valence-electron chi connectivity index (χ1n) is 2.16. The summed E-state index contributed by atoms with van der Waals surface area (Å²) in [4.78, 5) is 0. The lowest BCUT2D eigenvalue weighted by Gasteiger charge is -2.14. The third-order valence-corrected chi connectivity index (χ3v) is 0.636. The Kier molecular flexibility index (Phi) is 4.82. The fourth-order valence-electron chi connectivity index (χ4n) is 0.245. The van der Waals surface area contributed by atoms with Gasteiger partial charge < -0.3 is 15.3 Å². The highest BCUT2D eigenvalue weighted by Gasteiger charge is 1.94. The Bertz CT molecular complexity index is 47.8. The molecule has 0 aliphatic heterocycles. The smallest absolute Gasteiger partial charge is 0.111 e. The Labute approximate surface area is 47.1 Å². The van der Waals surface area contributed by atoms with Gasteiger partial charge in [0, 0.05) is 0 Å². The van der Waals surface area contributed by atoms with E-state index in [9.17, 15) is 0 Å². The molecule has 0 aromatic heterocycles. The monoisotopic (exact) mass is 122 g/mol. The molecule has 4 N–H and O–H groups in total. The molecular weight excluding hydrogens is 112 g/mol. The number of hydrogen-bond donors (Lipinski definition) is 4. The van der Waals surface area contributed by atoms with E-state index in [1.165, 1.54) is 0 Å². The first-order valence-corrected chi connectivity index (χ1v) is 2.16. The molecule has 5 heteroatoms. The lowest BCUT2D eigenvalue weighted by atomic mass is 11.0. The van der Waals surface area contributed by atoms with Crippen molar-refractivity contribution in [3.8, 4) is 0 Å². The van der Waals surface area contributed by atoms with Gasteiger partial charge in [0.1, 0.15) is 20.2 Å². The SMILES string of the molecule is OCNN(CO)CO. The second-order valence-corrected chi connectivity index (χ2v) is 1.14. The first kappa shape index (κ1) is 7.80. The van der Waals surface area contributed by atoms with Crippen LogP contribution < -0.4 is 5.43 Å². The third kappa shape index (κ3) is 2.89. The van der Waals surface area contributed by atoms with Crippen LogP contribution in [0, 0.1) is 0 Å². The highest BCUT2D eigenvalue weighted by molar-refractivity contribution is 4.27. The Balaban J connectivity index is 3.07. The van der Waals surface area contributed by atoms with Crippen molar-refractivity contribution in [3.63, 3.8) is 0 Å². The molecule has 0 saturated heterocycles. The molecule has 0 saturated carbocycles. The Morgan fingerprint density at radius 1 is 1.12 bits per heavy atom. The zero-order valence-corrected chi connectivity index (χ0v) is 4.41. The normalized spacial score (nSPS) is 10.5. The maximum absolute atomic E-state index is 8.25. The summed E-state index contributed by atoms with van der Waals surface area (Å²) < 4.78 is 0. The number of hydrogen-bond acceptors (Lipinski definition) is 5. The predicted molar refractivity (Wildman–Crippen MR) is 26.2 cm³/mol. The zero-order valence-electron chi connectivity index (χ0n) is 4.41. The van der Waals surface area contributed by atoms with Crippen molar-refractivity contribution in [1.82, 2.24) is 10.4 Å². The molecule has 0 spiro atoms. The molecule has 0 atom stereocenters. The van der Waals surface area contributed by atoms with Gasteiger partial charge in [0.05, 0.1) is 0 Å². The number of aliphatic hydroxyl groups is 3. The van der Waals surface area contributed by atoms with Crippen molar-refractivity contribution in [1.29, 1.82) is 0 Å². The van der Waals surface area contributed by atoms with Crippen molar-refractivity contribution in [2.45, 2.75) is 0 Å². The molecule has 0 heterocycles. The maximum Gasteiger partial charge on any atom is 0.111 e. The standard InChI is InChI=1S/C3H10N2O3/c6-1-4-5(2-7)3-8/h4,6-8H,1-3H2. The molecule has 0 amide bonds. The van der Waals surface area contributed by atoms with Crippen molar-refractivity contribution in [2.75, 3.05) is 20.2 Å². The van der Waals surface area contributed by atoms with Gasteiger partial charge in [0.2, 0.25) is 0 Å². The topological polar surface area (TPSA) is 76.0 Å². The second kappa shape index (κ2) is 4.95. The van der Waals surface area contributed by atoms with Crippen LogP contribution in [0.15, 0.2) is 0 Å². The van der Waals surface area contributed by atoms with Crippen molar-refractivity contribution < 1.29 is 15.3 Å². The van der Waals surface area contributed by atoms with Crippen LogP contribution in [0.4, 0.5) is 0 Å². The van der Waals surface area contributed by atoms with E-state index in [1.54, 1.807) is 0 Å². The van der Waals surface area contributed by atoms with Crippen LogP contribution in [-0.4, -0.2) is 40.5 Å². The molecule has 0 radical (unpaired) electrons. The molecule has 0 aliphatic rings. The highest BCUT2D eigenvalue weighted by atomic mass is 16.3. The molecule has 0 fully saturated rings. The minimum Gasteiger partial charge on any atom is -0.380 e. The van der Waals surface area contributed by atoms with E-state index in [0.717, 1.165) is 5.01 Å². The van der Waals surface area contributed by atoms with Gasteiger partial charge in [-0.05, 0) is 0 Å². The molecule has 0 rings (SSSR count). The van der Waals surface area contributed by atoms with Gasteiger partial charge in [-0.1, -0.05) is 0 Å². The van der Waals surface area contributed by atoms with Gasteiger partial charge in [-0.2, -0.15) is 5.01 Å². The van der Waals surface area contributed by atoms with Crippen molar-refractivity contribution in [2.24, 2.45) is 0 Å². The molecule has 0 aromatic carbocycles. The van der Waals surface area contributed by atoms with Gasteiger partial charge in [0.15, 0.2) is 0 Å². The van der Waals surface area contributed by atoms with Crippen LogP contribution in [-0.2, 0) is 0 Å². The van der Waals surface area contributed by atoms with Crippen molar-refractivity contribution in [3.05, 3.63) is 0 Å². The molecule has 50 valence electrons. The third-order valence-electron chi connectivity index (χ3n) is 0.636. The summed E-state index contributed by atoms with van der Waals surface area (Å²) >= 11 is 0. The quantitative estimate of drug-likeness (QED) is 0.248. The number of aliphatic hydroxyl groups excluding tert-OH is 3. The lowest BCUT2D eigenvalue weighted by Crippen LogP contribution is -2.39. The van der Waals surface area contributed by atoms with Gasteiger partial charge >= 0.3 is 0 Å². The van der Waals surface area contributed by atoms with Gasteiger partial charge in [0.25, 0.3) is 0 Å². The summed E-state index contributed by atoms with van der Waals surface area (Å²) in [5.41, 5.74) is 2.27. The second-order valence-electron chi connectivity index (χ2n) is 1.14. The number of nitrogens with one attached hydrogen (secondary N) is 1. The van der Waals surface area contributed by atoms with Crippen LogP contribution in [0.5, 0.6) is 0 Å². The zero-order chi connectivity index (χ0) is 6.41. The molecule has 0 aromatic rings. The fraction of sp³-hybridized carbons (Fsp3) is 1.00. The largest absolute Gasteiger partial charge is 0.380 e. The number of hydrazine groups is 1. The van der Waals surface area contributed by atoms with E-state index in [2.05, 4.69) is 5.43 Å². The molecule has 0 aliphatic carbocycles. The van der Waals surface area contributed by atoms with Crippen LogP contribution >= 0.6 is 0 Å². The summed E-state index contributed by atoms with van der Waals surface area (Å²) in [5, 5.41) is 25.7. The van der Waals surface area contributed by atoms with Crippen molar-refractivity contribution >= 4 is 0 Å². The molecule has 0 unspecified atom stereocenters. The van der Waals surface area contributed by atoms with Gasteiger partial charge in [-0.15, -0.1) is 0 Å².